The molecule has 0 aliphatic heterocycles. The van der Waals surface area contributed by atoms with E-state index in [1.54, 1.807) is 32.7 Å². The van der Waals surface area contributed by atoms with Gasteiger partial charge in [-0.3, -0.25) is 0 Å². The molecule has 1 aromatic heterocycles. The number of nitrogens with one attached hydrogen (secondary N) is 1. The van der Waals surface area contributed by atoms with Crippen molar-refractivity contribution in [3.63, 3.8) is 0 Å². The molecular weight excluding hydrogens is 286 g/mol. The number of ether oxygens (including phenoxy) is 3. The van der Waals surface area contributed by atoms with Crippen molar-refractivity contribution in [2.75, 3.05) is 27.9 Å². The molecule has 1 aromatic carbocycles. The maximum absolute atomic E-state index is 5.36. The zero-order valence-corrected chi connectivity index (χ0v) is 13.6. The molecule has 2 aromatic rings. The van der Waals surface area contributed by atoms with Crippen LogP contribution in [0.1, 0.15) is 23.4 Å². The van der Waals surface area contributed by atoms with Crippen molar-refractivity contribution in [1.29, 1.82) is 0 Å². The minimum absolute atomic E-state index is 0.0906. The molecule has 1 heterocycles. The van der Waals surface area contributed by atoms with Crippen molar-refractivity contribution < 1.29 is 14.2 Å². The lowest BCUT2D eigenvalue weighted by molar-refractivity contribution is 0.392. The summed E-state index contributed by atoms with van der Waals surface area (Å²) in [6, 6.07) is 8.09. The SMILES string of the molecule is CCNC(c1cc(OC)cc(OC)c1)c1cc(OC)cs1. The highest BCUT2D eigenvalue weighted by Gasteiger charge is 2.17. The van der Waals surface area contributed by atoms with Crippen LogP contribution >= 0.6 is 11.3 Å². The number of hydrogen-bond acceptors (Lipinski definition) is 5. The average Bonchev–Trinajstić information content (AvgIpc) is 3.00. The minimum Gasteiger partial charge on any atom is -0.497 e. The topological polar surface area (TPSA) is 39.7 Å². The van der Waals surface area contributed by atoms with Crippen molar-refractivity contribution in [2.45, 2.75) is 13.0 Å². The van der Waals surface area contributed by atoms with Crippen LogP contribution in [0, 0.1) is 0 Å². The fourth-order valence-electron chi connectivity index (χ4n) is 2.18. The predicted octanol–water partition coefficient (Wildman–Crippen LogP) is 3.47. The Kier molecular flexibility index (Phi) is 5.47. The third-order valence-electron chi connectivity index (χ3n) is 3.23. The first-order valence-electron chi connectivity index (χ1n) is 6.80. The molecule has 0 bridgehead atoms. The molecule has 114 valence electrons. The number of methoxy groups -OCH3 is 3. The minimum atomic E-state index is 0.0906. The number of thiophene rings is 1. The van der Waals surface area contributed by atoms with Gasteiger partial charge in [0.05, 0.1) is 27.4 Å². The summed E-state index contributed by atoms with van der Waals surface area (Å²) >= 11 is 1.67. The van der Waals surface area contributed by atoms with Crippen molar-refractivity contribution >= 4 is 11.3 Å². The molecule has 21 heavy (non-hydrogen) atoms. The predicted molar refractivity (Wildman–Crippen MR) is 85.9 cm³/mol. The van der Waals surface area contributed by atoms with Gasteiger partial charge in [0.1, 0.15) is 17.2 Å². The molecule has 0 aliphatic carbocycles. The quantitative estimate of drug-likeness (QED) is 0.850. The van der Waals surface area contributed by atoms with Crippen LogP contribution in [0.5, 0.6) is 17.2 Å². The molecule has 0 saturated carbocycles. The van der Waals surface area contributed by atoms with E-state index in [1.165, 1.54) is 4.88 Å². The fourth-order valence-corrected chi connectivity index (χ4v) is 3.13. The third-order valence-corrected chi connectivity index (χ3v) is 4.21. The van der Waals surface area contributed by atoms with Crippen LogP contribution in [-0.2, 0) is 0 Å². The Hall–Kier alpha value is -1.72. The van der Waals surface area contributed by atoms with Crippen LogP contribution in [0.15, 0.2) is 29.6 Å². The van der Waals surface area contributed by atoms with E-state index < -0.39 is 0 Å². The van der Waals surface area contributed by atoms with Gasteiger partial charge < -0.3 is 19.5 Å². The second kappa shape index (κ2) is 7.33. The van der Waals surface area contributed by atoms with E-state index in [9.17, 15) is 0 Å². The maximum Gasteiger partial charge on any atom is 0.129 e. The molecular formula is C16H21NO3S. The summed E-state index contributed by atoms with van der Waals surface area (Å²) in [5.74, 6) is 2.46. The van der Waals surface area contributed by atoms with E-state index in [1.807, 2.05) is 23.6 Å². The summed E-state index contributed by atoms with van der Waals surface area (Å²) in [6.45, 7) is 2.96. The van der Waals surface area contributed by atoms with Crippen LogP contribution in [0.3, 0.4) is 0 Å². The van der Waals surface area contributed by atoms with E-state index in [2.05, 4.69) is 18.3 Å². The molecule has 0 radical (unpaired) electrons. The maximum atomic E-state index is 5.36. The molecule has 4 nitrogen and oxygen atoms in total. The molecule has 0 amide bonds. The molecule has 1 N–H and O–H groups in total. The molecule has 0 saturated heterocycles. The first-order chi connectivity index (χ1) is 10.2. The van der Waals surface area contributed by atoms with Gasteiger partial charge in [-0.1, -0.05) is 6.92 Å². The Morgan fingerprint density at radius 2 is 1.57 bits per heavy atom. The van der Waals surface area contributed by atoms with Crippen molar-refractivity contribution in [1.82, 2.24) is 5.32 Å². The monoisotopic (exact) mass is 307 g/mol. The van der Waals surface area contributed by atoms with Gasteiger partial charge in [-0.05, 0) is 30.3 Å². The summed E-state index contributed by atoms with van der Waals surface area (Å²) in [7, 11) is 5.01. The lowest BCUT2D eigenvalue weighted by Gasteiger charge is -2.18. The van der Waals surface area contributed by atoms with Gasteiger partial charge in [-0.2, -0.15) is 0 Å². The molecule has 1 atom stereocenters. The largest absolute Gasteiger partial charge is 0.497 e. The first kappa shape index (κ1) is 15.7. The summed E-state index contributed by atoms with van der Waals surface area (Å²) in [5, 5.41) is 5.51. The van der Waals surface area contributed by atoms with Crippen LogP contribution in [0.2, 0.25) is 0 Å². The Bertz CT molecular complexity index is 560. The Balaban J connectivity index is 2.41. The Morgan fingerprint density at radius 3 is 2.05 bits per heavy atom. The first-order valence-corrected chi connectivity index (χ1v) is 7.68. The molecule has 0 spiro atoms. The number of benzene rings is 1. The zero-order chi connectivity index (χ0) is 15.2. The van der Waals surface area contributed by atoms with Gasteiger partial charge in [-0.25, -0.2) is 0 Å². The van der Waals surface area contributed by atoms with Crippen LogP contribution in [-0.4, -0.2) is 27.9 Å². The van der Waals surface area contributed by atoms with E-state index in [4.69, 9.17) is 14.2 Å². The average molecular weight is 307 g/mol. The lowest BCUT2D eigenvalue weighted by atomic mass is 10.0. The van der Waals surface area contributed by atoms with E-state index in [-0.39, 0.29) is 6.04 Å². The summed E-state index contributed by atoms with van der Waals surface area (Å²) in [6.07, 6.45) is 0. The Morgan fingerprint density at radius 1 is 0.952 bits per heavy atom. The van der Waals surface area contributed by atoms with Gasteiger partial charge >= 0.3 is 0 Å². The molecule has 0 fully saturated rings. The molecule has 1 unspecified atom stereocenters. The number of hydrogen-bond donors (Lipinski definition) is 1. The van der Waals surface area contributed by atoms with Gasteiger partial charge in [0, 0.05) is 16.3 Å². The van der Waals surface area contributed by atoms with Crippen molar-refractivity contribution in [2.24, 2.45) is 0 Å². The summed E-state index contributed by atoms with van der Waals surface area (Å²) in [5.41, 5.74) is 1.11. The second-order valence-corrected chi connectivity index (χ2v) is 5.47. The highest BCUT2D eigenvalue weighted by atomic mass is 32.1. The lowest BCUT2D eigenvalue weighted by Crippen LogP contribution is -2.21. The van der Waals surface area contributed by atoms with E-state index >= 15 is 0 Å². The normalized spacial score (nSPS) is 12.0. The van der Waals surface area contributed by atoms with Gasteiger partial charge in [-0.15, -0.1) is 11.3 Å². The van der Waals surface area contributed by atoms with Crippen molar-refractivity contribution in [3.05, 3.63) is 40.1 Å². The smallest absolute Gasteiger partial charge is 0.129 e. The second-order valence-electron chi connectivity index (χ2n) is 4.53. The number of rotatable bonds is 7. The summed E-state index contributed by atoms with van der Waals surface area (Å²) in [4.78, 5) is 1.20. The van der Waals surface area contributed by atoms with Crippen LogP contribution < -0.4 is 19.5 Å². The van der Waals surface area contributed by atoms with Gasteiger partial charge in [0.25, 0.3) is 0 Å². The summed E-state index contributed by atoms with van der Waals surface area (Å²) < 4.78 is 16.0. The van der Waals surface area contributed by atoms with Crippen LogP contribution in [0.4, 0.5) is 0 Å². The molecule has 0 aliphatic rings. The van der Waals surface area contributed by atoms with E-state index in [0.717, 1.165) is 29.4 Å². The Labute approximate surface area is 129 Å². The van der Waals surface area contributed by atoms with Crippen molar-refractivity contribution in [3.8, 4) is 17.2 Å². The van der Waals surface area contributed by atoms with Gasteiger partial charge in [0.2, 0.25) is 0 Å². The van der Waals surface area contributed by atoms with Gasteiger partial charge in [0.15, 0.2) is 0 Å². The molecule has 2 rings (SSSR count). The van der Waals surface area contributed by atoms with E-state index in [0.29, 0.717) is 0 Å². The fraction of sp³-hybridized carbons (Fsp3) is 0.375. The third kappa shape index (κ3) is 3.68. The highest BCUT2D eigenvalue weighted by Crippen LogP contribution is 2.34. The standard InChI is InChI=1S/C16H21NO3S/c1-5-17-16(15-9-14(20-4)10-21-15)11-6-12(18-2)8-13(7-11)19-3/h6-10,16-17H,5H2,1-4H3. The highest BCUT2D eigenvalue weighted by molar-refractivity contribution is 7.10. The molecule has 5 heteroatoms. The zero-order valence-electron chi connectivity index (χ0n) is 12.8. The van der Waals surface area contributed by atoms with Crippen LogP contribution in [0.25, 0.3) is 0 Å².